The van der Waals surface area contributed by atoms with Crippen LogP contribution in [-0.4, -0.2) is 42.5 Å². The fourth-order valence-corrected chi connectivity index (χ4v) is 1.66. The Kier molecular flexibility index (Phi) is 6.84. The van der Waals surface area contributed by atoms with Crippen molar-refractivity contribution in [2.75, 3.05) is 26.9 Å². The molecule has 0 aromatic carbocycles. The van der Waals surface area contributed by atoms with E-state index in [0.717, 1.165) is 32.8 Å². The van der Waals surface area contributed by atoms with E-state index < -0.39 is 0 Å². The molecule has 0 amide bonds. The minimum absolute atomic E-state index is 0.215. The lowest BCUT2D eigenvalue weighted by molar-refractivity contribution is 0.0634. The zero-order valence-electron chi connectivity index (χ0n) is 11.0. The Morgan fingerprint density at radius 2 is 2.35 bits per heavy atom. The molecule has 5 nitrogen and oxygen atoms in total. The Morgan fingerprint density at radius 1 is 1.53 bits per heavy atom. The largest absolute Gasteiger partial charge is 0.383 e. The van der Waals surface area contributed by atoms with E-state index in [1.54, 1.807) is 7.11 Å². The summed E-state index contributed by atoms with van der Waals surface area (Å²) in [6.45, 7) is 8.06. The summed E-state index contributed by atoms with van der Waals surface area (Å²) >= 11 is 0. The lowest BCUT2D eigenvalue weighted by atomic mass is 10.3. The number of hydrogen-bond donors (Lipinski definition) is 1. The number of rotatable bonds is 9. The number of hydrogen-bond acceptors (Lipinski definition) is 4. The lowest BCUT2D eigenvalue weighted by Gasteiger charge is -2.14. The van der Waals surface area contributed by atoms with Gasteiger partial charge in [-0.25, -0.2) is 4.98 Å². The Balaban J connectivity index is 2.37. The molecule has 1 rings (SSSR count). The van der Waals surface area contributed by atoms with Crippen LogP contribution in [0.2, 0.25) is 0 Å². The van der Waals surface area contributed by atoms with Crippen LogP contribution in [0.1, 0.15) is 19.5 Å². The van der Waals surface area contributed by atoms with Gasteiger partial charge in [-0.1, -0.05) is 0 Å². The highest BCUT2D eigenvalue weighted by Crippen LogP contribution is 2.03. The second-order valence-corrected chi connectivity index (χ2v) is 3.97. The van der Waals surface area contributed by atoms with Gasteiger partial charge in [0.15, 0.2) is 0 Å². The molecule has 0 saturated carbocycles. The third-order valence-corrected chi connectivity index (χ3v) is 2.49. The van der Waals surface area contributed by atoms with Crippen LogP contribution in [0.5, 0.6) is 0 Å². The van der Waals surface area contributed by atoms with Crippen molar-refractivity contribution in [3.05, 3.63) is 18.2 Å². The predicted octanol–water partition coefficient (Wildman–Crippen LogP) is 1.04. The molecule has 0 bridgehead atoms. The highest BCUT2D eigenvalue weighted by molar-refractivity contribution is 4.98. The highest BCUT2D eigenvalue weighted by atomic mass is 16.5. The fourth-order valence-electron chi connectivity index (χ4n) is 1.66. The van der Waals surface area contributed by atoms with Gasteiger partial charge in [0.05, 0.1) is 24.7 Å². The summed E-state index contributed by atoms with van der Waals surface area (Å²) in [5.41, 5.74) is 1.17. The van der Waals surface area contributed by atoms with E-state index >= 15 is 0 Å². The summed E-state index contributed by atoms with van der Waals surface area (Å²) in [5, 5.41) is 3.31. The summed E-state index contributed by atoms with van der Waals surface area (Å²) in [6.07, 6.45) is 3.95. The molecule has 5 heteroatoms. The van der Waals surface area contributed by atoms with Crippen molar-refractivity contribution in [3.8, 4) is 0 Å². The van der Waals surface area contributed by atoms with E-state index in [9.17, 15) is 0 Å². The molecule has 1 heterocycles. The van der Waals surface area contributed by atoms with Gasteiger partial charge < -0.3 is 19.4 Å². The number of nitrogens with one attached hydrogen (secondary N) is 1. The van der Waals surface area contributed by atoms with Crippen molar-refractivity contribution < 1.29 is 9.47 Å². The molecule has 0 aliphatic carbocycles. The molecule has 1 atom stereocenters. The standard InChI is InChI=1S/C12H23N3O2/c1-4-17-11(2)9-15-10-14-8-12(15)7-13-5-6-16-3/h8,10-11,13H,4-7,9H2,1-3H3. The summed E-state index contributed by atoms with van der Waals surface area (Å²) in [6, 6.07) is 0. The molecule has 0 radical (unpaired) electrons. The number of nitrogens with zero attached hydrogens (tertiary/aromatic N) is 2. The van der Waals surface area contributed by atoms with E-state index in [1.165, 1.54) is 5.69 Å². The summed E-state index contributed by atoms with van der Waals surface area (Å²) in [4.78, 5) is 4.17. The monoisotopic (exact) mass is 241 g/mol. The molecule has 1 aromatic heterocycles. The maximum Gasteiger partial charge on any atom is 0.0949 e. The van der Waals surface area contributed by atoms with Gasteiger partial charge in [0.1, 0.15) is 0 Å². The molecule has 0 saturated heterocycles. The first-order valence-electron chi connectivity index (χ1n) is 6.08. The number of imidazole rings is 1. The van der Waals surface area contributed by atoms with Crippen LogP contribution in [0, 0.1) is 0 Å². The minimum Gasteiger partial charge on any atom is -0.383 e. The van der Waals surface area contributed by atoms with Gasteiger partial charge in [0.2, 0.25) is 0 Å². The van der Waals surface area contributed by atoms with Crippen LogP contribution in [-0.2, 0) is 22.6 Å². The number of methoxy groups -OCH3 is 1. The van der Waals surface area contributed by atoms with Gasteiger partial charge in [-0.2, -0.15) is 0 Å². The van der Waals surface area contributed by atoms with Crippen molar-refractivity contribution in [2.24, 2.45) is 0 Å². The van der Waals surface area contributed by atoms with E-state index in [0.29, 0.717) is 0 Å². The van der Waals surface area contributed by atoms with Gasteiger partial charge >= 0.3 is 0 Å². The molecule has 0 aliphatic rings. The molecule has 0 aliphatic heterocycles. The fraction of sp³-hybridized carbons (Fsp3) is 0.750. The summed E-state index contributed by atoms with van der Waals surface area (Å²) in [7, 11) is 1.70. The van der Waals surface area contributed by atoms with Gasteiger partial charge in [-0.3, -0.25) is 0 Å². The smallest absolute Gasteiger partial charge is 0.0949 e. The van der Waals surface area contributed by atoms with E-state index in [2.05, 4.69) is 21.8 Å². The molecule has 0 fully saturated rings. The zero-order chi connectivity index (χ0) is 12.5. The van der Waals surface area contributed by atoms with Gasteiger partial charge in [-0.15, -0.1) is 0 Å². The summed E-state index contributed by atoms with van der Waals surface area (Å²) < 4.78 is 12.6. The topological polar surface area (TPSA) is 48.3 Å². The zero-order valence-corrected chi connectivity index (χ0v) is 11.0. The molecule has 0 spiro atoms. The minimum atomic E-state index is 0.215. The van der Waals surface area contributed by atoms with Crippen LogP contribution < -0.4 is 5.32 Å². The normalized spacial score (nSPS) is 12.9. The summed E-state index contributed by atoms with van der Waals surface area (Å²) in [5.74, 6) is 0. The molecule has 1 unspecified atom stereocenters. The third kappa shape index (κ3) is 5.30. The van der Waals surface area contributed by atoms with Crippen molar-refractivity contribution in [2.45, 2.75) is 33.0 Å². The average Bonchev–Trinajstić information content (AvgIpc) is 2.72. The second kappa shape index (κ2) is 8.22. The van der Waals surface area contributed by atoms with Crippen LogP contribution >= 0.6 is 0 Å². The SMILES string of the molecule is CCOC(C)Cn1cncc1CNCCOC. The van der Waals surface area contributed by atoms with Crippen LogP contribution in [0.25, 0.3) is 0 Å². The van der Waals surface area contributed by atoms with Gasteiger partial charge in [0.25, 0.3) is 0 Å². The molecular weight excluding hydrogens is 218 g/mol. The Labute approximate surface area is 103 Å². The van der Waals surface area contributed by atoms with Crippen molar-refractivity contribution in [3.63, 3.8) is 0 Å². The quantitative estimate of drug-likeness (QED) is 0.656. The Hall–Kier alpha value is -0.910. The van der Waals surface area contributed by atoms with E-state index in [4.69, 9.17) is 9.47 Å². The van der Waals surface area contributed by atoms with Gasteiger partial charge in [0, 0.05) is 39.5 Å². The van der Waals surface area contributed by atoms with E-state index in [1.807, 2.05) is 19.4 Å². The lowest BCUT2D eigenvalue weighted by Crippen LogP contribution is -2.23. The second-order valence-electron chi connectivity index (χ2n) is 3.97. The predicted molar refractivity (Wildman–Crippen MR) is 66.9 cm³/mol. The molecule has 17 heavy (non-hydrogen) atoms. The Bertz CT molecular complexity index is 302. The van der Waals surface area contributed by atoms with Crippen LogP contribution in [0.4, 0.5) is 0 Å². The van der Waals surface area contributed by atoms with Crippen molar-refractivity contribution in [1.82, 2.24) is 14.9 Å². The third-order valence-electron chi connectivity index (χ3n) is 2.49. The van der Waals surface area contributed by atoms with Crippen LogP contribution in [0.15, 0.2) is 12.5 Å². The van der Waals surface area contributed by atoms with Crippen LogP contribution in [0.3, 0.4) is 0 Å². The average molecular weight is 241 g/mol. The molecule has 1 aromatic rings. The first-order chi connectivity index (χ1) is 8.27. The van der Waals surface area contributed by atoms with Gasteiger partial charge in [-0.05, 0) is 13.8 Å². The Morgan fingerprint density at radius 3 is 3.06 bits per heavy atom. The maximum atomic E-state index is 5.52. The number of aromatic nitrogens is 2. The van der Waals surface area contributed by atoms with E-state index in [-0.39, 0.29) is 6.10 Å². The van der Waals surface area contributed by atoms with Crippen molar-refractivity contribution >= 4 is 0 Å². The van der Waals surface area contributed by atoms with Crippen molar-refractivity contribution in [1.29, 1.82) is 0 Å². The number of ether oxygens (including phenoxy) is 2. The molecule has 1 N–H and O–H groups in total. The highest BCUT2D eigenvalue weighted by Gasteiger charge is 2.06. The first kappa shape index (κ1) is 14.2. The first-order valence-corrected chi connectivity index (χ1v) is 6.08. The molecule has 98 valence electrons. The maximum absolute atomic E-state index is 5.52. The molecular formula is C12H23N3O2.